The summed E-state index contributed by atoms with van der Waals surface area (Å²) in [5.74, 6) is -0.768. The number of carbonyl (C=O) groups excluding carboxylic acids is 1. The molecule has 2 aromatic heterocycles. The van der Waals surface area contributed by atoms with E-state index in [9.17, 15) is 18.0 Å². The predicted octanol–water partition coefficient (Wildman–Crippen LogP) is 4.93. The van der Waals surface area contributed by atoms with Gasteiger partial charge in [0.2, 0.25) is 0 Å². The standard InChI is InChI=1S/C19H19F3N4O2S/c1-10(2)29-16-14(9-23-17-15(16)11(3)25-26(17)4)18(27)24-12-5-7-13(8-6-12)28-19(20,21)22/h5-10H,1-4H3,(H,24,27). The van der Waals surface area contributed by atoms with E-state index in [2.05, 4.69) is 20.1 Å². The van der Waals surface area contributed by atoms with Crippen molar-refractivity contribution >= 4 is 34.4 Å². The van der Waals surface area contributed by atoms with Gasteiger partial charge in [0.05, 0.1) is 16.6 Å². The molecule has 10 heteroatoms. The van der Waals surface area contributed by atoms with Crippen LogP contribution in [0.4, 0.5) is 18.9 Å². The summed E-state index contributed by atoms with van der Waals surface area (Å²) in [7, 11) is 1.79. The monoisotopic (exact) mass is 424 g/mol. The Hall–Kier alpha value is -2.75. The highest BCUT2D eigenvalue weighted by Crippen LogP contribution is 2.35. The van der Waals surface area contributed by atoms with Crippen LogP contribution in [0, 0.1) is 6.92 Å². The molecule has 0 spiro atoms. The Morgan fingerprint density at radius 3 is 2.48 bits per heavy atom. The molecule has 0 aliphatic heterocycles. The SMILES string of the molecule is Cc1nn(C)c2ncc(C(=O)Nc3ccc(OC(F)(F)F)cc3)c(SC(C)C)c12. The summed E-state index contributed by atoms with van der Waals surface area (Å²) in [5, 5.41) is 8.11. The van der Waals surface area contributed by atoms with Crippen molar-refractivity contribution in [3.05, 3.63) is 41.7 Å². The minimum Gasteiger partial charge on any atom is -0.406 e. The van der Waals surface area contributed by atoms with Crippen LogP contribution in [0.3, 0.4) is 0 Å². The zero-order valence-corrected chi connectivity index (χ0v) is 17.0. The van der Waals surface area contributed by atoms with Crippen LogP contribution in [0.25, 0.3) is 11.0 Å². The number of alkyl halides is 3. The molecule has 0 aliphatic rings. The first-order valence-electron chi connectivity index (χ1n) is 8.71. The van der Waals surface area contributed by atoms with Gasteiger partial charge in [-0.3, -0.25) is 9.48 Å². The van der Waals surface area contributed by atoms with Gasteiger partial charge in [0.15, 0.2) is 5.65 Å². The maximum atomic E-state index is 12.9. The Kier molecular flexibility index (Phi) is 5.74. The summed E-state index contributed by atoms with van der Waals surface area (Å²) in [4.78, 5) is 18.0. The van der Waals surface area contributed by atoms with Crippen LogP contribution < -0.4 is 10.1 Å². The third-order valence-corrected chi connectivity index (χ3v) is 5.05. The molecule has 0 unspecified atom stereocenters. The van der Waals surface area contributed by atoms with Gasteiger partial charge >= 0.3 is 6.36 Å². The van der Waals surface area contributed by atoms with Crippen molar-refractivity contribution in [3.8, 4) is 5.75 Å². The second kappa shape index (κ2) is 7.94. The number of pyridine rings is 1. The third kappa shape index (κ3) is 4.81. The highest BCUT2D eigenvalue weighted by molar-refractivity contribution is 8.00. The number of aromatic nitrogens is 3. The average molecular weight is 424 g/mol. The van der Waals surface area contributed by atoms with E-state index in [-0.39, 0.29) is 11.0 Å². The van der Waals surface area contributed by atoms with Crippen LogP contribution in [0.1, 0.15) is 29.9 Å². The number of rotatable bonds is 5. The van der Waals surface area contributed by atoms with Crippen molar-refractivity contribution in [1.82, 2.24) is 14.8 Å². The Morgan fingerprint density at radius 1 is 1.24 bits per heavy atom. The van der Waals surface area contributed by atoms with Crippen molar-refractivity contribution in [1.29, 1.82) is 0 Å². The normalized spacial score (nSPS) is 11.9. The molecular weight excluding hydrogens is 405 g/mol. The lowest BCUT2D eigenvalue weighted by Gasteiger charge is -2.13. The number of ether oxygens (including phenoxy) is 1. The molecular formula is C19H19F3N4O2S. The number of nitrogens with zero attached hydrogens (tertiary/aromatic N) is 3. The highest BCUT2D eigenvalue weighted by Gasteiger charge is 2.31. The fourth-order valence-corrected chi connectivity index (χ4v) is 3.94. The zero-order valence-electron chi connectivity index (χ0n) is 16.2. The molecule has 0 radical (unpaired) electrons. The molecule has 0 saturated carbocycles. The van der Waals surface area contributed by atoms with E-state index in [1.807, 2.05) is 20.8 Å². The van der Waals surface area contributed by atoms with Gasteiger partial charge in [-0.25, -0.2) is 4.98 Å². The predicted molar refractivity (Wildman–Crippen MR) is 105 cm³/mol. The minimum absolute atomic E-state index is 0.213. The third-order valence-electron chi connectivity index (χ3n) is 3.92. The molecule has 0 aliphatic carbocycles. The topological polar surface area (TPSA) is 69.0 Å². The number of nitrogens with one attached hydrogen (secondary N) is 1. The lowest BCUT2D eigenvalue weighted by atomic mass is 10.2. The molecule has 0 fully saturated rings. The largest absolute Gasteiger partial charge is 0.573 e. The quantitative estimate of drug-likeness (QED) is 0.589. The maximum absolute atomic E-state index is 12.9. The van der Waals surface area contributed by atoms with Gasteiger partial charge in [-0.15, -0.1) is 24.9 Å². The number of amides is 1. The second-order valence-corrected chi connectivity index (χ2v) is 8.19. The van der Waals surface area contributed by atoms with Crippen LogP contribution in [-0.2, 0) is 7.05 Å². The summed E-state index contributed by atoms with van der Waals surface area (Å²) in [6, 6.07) is 4.96. The van der Waals surface area contributed by atoms with E-state index in [4.69, 9.17) is 0 Å². The molecule has 1 amide bonds. The van der Waals surface area contributed by atoms with Crippen LogP contribution in [0.15, 0.2) is 35.4 Å². The fraction of sp³-hybridized carbons (Fsp3) is 0.316. The summed E-state index contributed by atoms with van der Waals surface area (Å²) >= 11 is 1.53. The van der Waals surface area contributed by atoms with E-state index in [1.165, 1.54) is 30.1 Å². The van der Waals surface area contributed by atoms with Gasteiger partial charge in [-0.1, -0.05) is 13.8 Å². The lowest BCUT2D eigenvalue weighted by Crippen LogP contribution is -2.17. The van der Waals surface area contributed by atoms with E-state index < -0.39 is 12.3 Å². The number of aryl methyl sites for hydroxylation is 2. The molecule has 1 aromatic carbocycles. The van der Waals surface area contributed by atoms with E-state index >= 15 is 0 Å². The summed E-state index contributed by atoms with van der Waals surface area (Å²) in [5.41, 5.74) is 2.16. The summed E-state index contributed by atoms with van der Waals surface area (Å²) in [6.45, 7) is 5.89. The van der Waals surface area contributed by atoms with Crippen LogP contribution >= 0.6 is 11.8 Å². The molecule has 2 heterocycles. The number of hydrogen-bond donors (Lipinski definition) is 1. The molecule has 3 rings (SSSR count). The minimum atomic E-state index is -4.77. The number of hydrogen-bond acceptors (Lipinski definition) is 5. The number of benzene rings is 1. The fourth-order valence-electron chi connectivity index (χ4n) is 2.84. The highest BCUT2D eigenvalue weighted by atomic mass is 32.2. The number of anilines is 1. The molecule has 29 heavy (non-hydrogen) atoms. The second-order valence-electron chi connectivity index (χ2n) is 6.60. The molecule has 0 atom stereocenters. The van der Waals surface area contributed by atoms with E-state index in [0.717, 1.165) is 28.1 Å². The first-order chi connectivity index (χ1) is 13.5. The van der Waals surface area contributed by atoms with Crippen molar-refractivity contribution in [3.63, 3.8) is 0 Å². The Labute approximate surface area is 169 Å². The van der Waals surface area contributed by atoms with Crippen molar-refractivity contribution in [2.45, 2.75) is 37.3 Å². The van der Waals surface area contributed by atoms with E-state index in [0.29, 0.717) is 16.9 Å². The Morgan fingerprint density at radius 2 is 1.90 bits per heavy atom. The molecule has 6 nitrogen and oxygen atoms in total. The van der Waals surface area contributed by atoms with Crippen LogP contribution in [0.5, 0.6) is 5.75 Å². The van der Waals surface area contributed by atoms with Gasteiger partial charge in [-0.05, 0) is 31.2 Å². The molecule has 1 N–H and O–H groups in total. The van der Waals surface area contributed by atoms with Gasteiger partial charge in [0.1, 0.15) is 5.75 Å². The van der Waals surface area contributed by atoms with Gasteiger partial charge in [-0.2, -0.15) is 5.10 Å². The Balaban J connectivity index is 1.91. The van der Waals surface area contributed by atoms with Gasteiger partial charge in [0, 0.05) is 29.1 Å². The zero-order chi connectivity index (χ0) is 21.3. The number of thioether (sulfide) groups is 1. The van der Waals surface area contributed by atoms with E-state index in [1.54, 1.807) is 11.7 Å². The molecule has 3 aromatic rings. The molecule has 0 bridgehead atoms. The van der Waals surface area contributed by atoms with Crippen molar-refractivity contribution < 1.29 is 22.7 Å². The average Bonchev–Trinajstić information content (AvgIpc) is 2.89. The maximum Gasteiger partial charge on any atom is 0.573 e. The van der Waals surface area contributed by atoms with Crippen molar-refractivity contribution in [2.75, 3.05) is 5.32 Å². The summed E-state index contributed by atoms with van der Waals surface area (Å²) in [6.07, 6.45) is -3.28. The number of fused-ring (bicyclic) bond motifs is 1. The molecule has 0 saturated heterocycles. The first kappa shape index (κ1) is 21.0. The number of halogens is 3. The van der Waals surface area contributed by atoms with Gasteiger partial charge < -0.3 is 10.1 Å². The van der Waals surface area contributed by atoms with Crippen LogP contribution in [0.2, 0.25) is 0 Å². The van der Waals surface area contributed by atoms with Crippen molar-refractivity contribution in [2.24, 2.45) is 7.05 Å². The van der Waals surface area contributed by atoms with Gasteiger partial charge in [0.25, 0.3) is 5.91 Å². The Bertz CT molecular complexity index is 1050. The van der Waals surface area contributed by atoms with Crippen LogP contribution in [-0.4, -0.2) is 32.3 Å². The first-order valence-corrected chi connectivity index (χ1v) is 9.59. The summed E-state index contributed by atoms with van der Waals surface area (Å²) < 4.78 is 42.3. The molecule has 154 valence electrons. The number of carbonyl (C=O) groups is 1. The lowest BCUT2D eigenvalue weighted by molar-refractivity contribution is -0.274. The smallest absolute Gasteiger partial charge is 0.406 e.